The van der Waals surface area contributed by atoms with Gasteiger partial charge in [0.15, 0.2) is 0 Å². The van der Waals surface area contributed by atoms with Crippen LogP contribution in [0.25, 0.3) is 0 Å². The molecular weight excluding hydrogens is 212 g/mol. The summed E-state index contributed by atoms with van der Waals surface area (Å²) in [6, 6.07) is 10.1. The van der Waals surface area contributed by atoms with Crippen molar-refractivity contribution in [3.63, 3.8) is 0 Å². The van der Waals surface area contributed by atoms with Gasteiger partial charge in [-0.3, -0.25) is 4.79 Å². The molecule has 2 nitrogen and oxygen atoms in total. The molecule has 1 aliphatic rings. The maximum absolute atomic E-state index is 11.3. The molecule has 92 valence electrons. The van der Waals surface area contributed by atoms with Crippen LogP contribution in [0.2, 0.25) is 0 Å². The van der Waals surface area contributed by atoms with E-state index in [2.05, 4.69) is 26.0 Å². The van der Waals surface area contributed by atoms with Crippen LogP contribution in [0.4, 0.5) is 0 Å². The molecule has 1 saturated carbocycles. The lowest BCUT2D eigenvalue weighted by atomic mass is 9.65. The van der Waals surface area contributed by atoms with Crippen molar-refractivity contribution >= 4 is 5.97 Å². The number of aliphatic carboxylic acids is 1. The first-order chi connectivity index (χ1) is 7.99. The average molecular weight is 232 g/mol. The average Bonchev–Trinajstić information content (AvgIpc) is 2.28. The molecule has 2 heteroatoms. The molecule has 0 bridgehead atoms. The van der Waals surface area contributed by atoms with Gasteiger partial charge >= 0.3 is 5.97 Å². The minimum Gasteiger partial charge on any atom is -0.481 e. The van der Waals surface area contributed by atoms with Gasteiger partial charge in [-0.2, -0.15) is 0 Å². The van der Waals surface area contributed by atoms with E-state index in [0.29, 0.717) is 0 Å². The van der Waals surface area contributed by atoms with Crippen LogP contribution in [0.3, 0.4) is 0 Å². The molecule has 1 aliphatic carbocycles. The van der Waals surface area contributed by atoms with Crippen LogP contribution in [0.1, 0.15) is 44.6 Å². The summed E-state index contributed by atoms with van der Waals surface area (Å²) in [4.78, 5) is 11.3. The molecule has 0 unspecified atom stereocenters. The van der Waals surface area contributed by atoms with E-state index in [4.69, 9.17) is 0 Å². The Morgan fingerprint density at radius 2 is 1.94 bits per heavy atom. The summed E-state index contributed by atoms with van der Waals surface area (Å²) < 4.78 is 0. The Hall–Kier alpha value is -1.31. The van der Waals surface area contributed by atoms with Gasteiger partial charge in [-0.25, -0.2) is 0 Å². The van der Waals surface area contributed by atoms with Gasteiger partial charge in [-0.1, -0.05) is 44.2 Å². The second-order valence-corrected chi connectivity index (χ2v) is 5.87. The minimum absolute atomic E-state index is 0.164. The Kier molecular flexibility index (Phi) is 3.23. The predicted octanol–water partition coefficient (Wildman–Crippen LogP) is 3.68. The first-order valence-corrected chi connectivity index (χ1v) is 6.27. The van der Waals surface area contributed by atoms with Crippen LogP contribution >= 0.6 is 0 Å². The number of carboxylic acid groups (broad SMARTS) is 1. The molecule has 0 aromatic heterocycles. The summed E-state index contributed by atoms with van der Waals surface area (Å²) in [5.41, 5.74) is 1.43. The normalized spacial score (nSPS) is 27.6. The molecule has 0 spiro atoms. The topological polar surface area (TPSA) is 37.3 Å². The summed E-state index contributed by atoms with van der Waals surface area (Å²) in [6.07, 6.45) is 2.77. The largest absolute Gasteiger partial charge is 0.481 e. The van der Waals surface area contributed by atoms with Crippen molar-refractivity contribution in [3.8, 4) is 0 Å². The Balaban J connectivity index is 2.29. The summed E-state index contributed by atoms with van der Waals surface area (Å²) in [5.74, 6) is -0.697. The highest BCUT2D eigenvalue weighted by molar-refractivity contribution is 5.71. The second-order valence-electron chi connectivity index (χ2n) is 5.87. The molecule has 17 heavy (non-hydrogen) atoms. The Morgan fingerprint density at radius 1 is 1.29 bits per heavy atom. The van der Waals surface area contributed by atoms with E-state index in [0.717, 1.165) is 19.3 Å². The molecular formula is C15H20O2. The molecule has 0 aliphatic heterocycles. The third-order valence-corrected chi connectivity index (χ3v) is 3.94. The molecule has 0 radical (unpaired) electrons. The molecule has 1 aromatic rings. The third kappa shape index (κ3) is 2.68. The fraction of sp³-hybridized carbons (Fsp3) is 0.533. The third-order valence-electron chi connectivity index (χ3n) is 3.94. The first kappa shape index (κ1) is 12.2. The number of carbonyl (C=O) groups is 1. The highest BCUT2D eigenvalue weighted by atomic mass is 16.4. The zero-order valence-electron chi connectivity index (χ0n) is 10.5. The molecule has 1 fully saturated rings. The van der Waals surface area contributed by atoms with Gasteiger partial charge in [0.2, 0.25) is 0 Å². The van der Waals surface area contributed by atoms with Gasteiger partial charge in [-0.05, 0) is 36.2 Å². The fourth-order valence-electron chi connectivity index (χ4n) is 2.93. The molecule has 0 amide bonds. The monoisotopic (exact) mass is 232 g/mol. The van der Waals surface area contributed by atoms with Crippen LogP contribution in [0.15, 0.2) is 30.3 Å². The molecule has 2 rings (SSSR count). The highest BCUT2D eigenvalue weighted by Crippen LogP contribution is 2.46. The van der Waals surface area contributed by atoms with E-state index in [1.165, 1.54) is 5.56 Å². The van der Waals surface area contributed by atoms with Gasteiger partial charge in [0.25, 0.3) is 0 Å². The molecule has 0 heterocycles. The van der Waals surface area contributed by atoms with Crippen LogP contribution < -0.4 is 0 Å². The van der Waals surface area contributed by atoms with E-state index in [1.54, 1.807) is 0 Å². The van der Waals surface area contributed by atoms with Crippen LogP contribution in [-0.2, 0) is 4.79 Å². The maximum Gasteiger partial charge on any atom is 0.307 e. The van der Waals surface area contributed by atoms with E-state index < -0.39 is 5.97 Å². The van der Waals surface area contributed by atoms with Crippen LogP contribution in [0.5, 0.6) is 0 Å². The number of benzene rings is 1. The number of carboxylic acids is 1. The lowest BCUT2D eigenvalue weighted by molar-refractivity contribution is -0.144. The van der Waals surface area contributed by atoms with E-state index >= 15 is 0 Å². The smallest absolute Gasteiger partial charge is 0.307 e. The molecule has 0 saturated heterocycles. The van der Waals surface area contributed by atoms with Crippen molar-refractivity contribution in [3.05, 3.63) is 35.9 Å². The predicted molar refractivity (Wildman–Crippen MR) is 67.9 cm³/mol. The van der Waals surface area contributed by atoms with Crippen molar-refractivity contribution in [2.75, 3.05) is 0 Å². The van der Waals surface area contributed by atoms with Crippen LogP contribution in [-0.4, -0.2) is 11.1 Å². The zero-order chi connectivity index (χ0) is 12.5. The summed E-state index contributed by atoms with van der Waals surface area (Å²) in [7, 11) is 0. The fourth-order valence-corrected chi connectivity index (χ4v) is 2.93. The van der Waals surface area contributed by atoms with Crippen molar-refractivity contribution in [2.45, 2.75) is 39.0 Å². The van der Waals surface area contributed by atoms with Gasteiger partial charge in [-0.15, -0.1) is 0 Å². The standard InChI is InChI=1S/C15H20O2/c1-15(2)9-8-12(14(16)17)13(10-15)11-6-4-3-5-7-11/h3-7,12-13H,8-10H2,1-2H3,(H,16,17)/t12-,13+/m0/s1. The summed E-state index contributed by atoms with van der Waals surface area (Å²) in [5, 5.41) is 9.34. The Bertz CT molecular complexity index is 395. The van der Waals surface area contributed by atoms with E-state index in [9.17, 15) is 9.90 Å². The molecule has 1 aromatic carbocycles. The molecule has 2 atom stereocenters. The van der Waals surface area contributed by atoms with Gasteiger partial charge in [0.05, 0.1) is 5.92 Å². The van der Waals surface area contributed by atoms with Gasteiger partial charge in [0.1, 0.15) is 0 Å². The number of hydrogen-bond acceptors (Lipinski definition) is 1. The van der Waals surface area contributed by atoms with Gasteiger partial charge in [0, 0.05) is 0 Å². The summed E-state index contributed by atoms with van der Waals surface area (Å²) in [6.45, 7) is 4.47. The summed E-state index contributed by atoms with van der Waals surface area (Å²) >= 11 is 0. The molecule has 1 N–H and O–H groups in total. The highest BCUT2D eigenvalue weighted by Gasteiger charge is 2.39. The Morgan fingerprint density at radius 3 is 2.53 bits per heavy atom. The maximum atomic E-state index is 11.3. The van der Waals surface area contributed by atoms with Crippen molar-refractivity contribution in [1.29, 1.82) is 0 Å². The first-order valence-electron chi connectivity index (χ1n) is 6.27. The quantitative estimate of drug-likeness (QED) is 0.844. The van der Waals surface area contributed by atoms with Gasteiger partial charge < -0.3 is 5.11 Å². The second kappa shape index (κ2) is 4.52. The van der Waals surface area contributed by atoms with E-state index in [1.807, 2.05) is 18.2 Å². The minimum atomic E-state index is -0.644. The van der Waals surface area contributed by atoms with Crippen molar-refractivity contribution in [1.82, 2.24) is 0 Å². The number of rotatable bonds is 2. The van der Waals surface area contributed by atoms with Crippen molar-refractivity contribution in [2.24, 2.45) is 11.3 Å². The SMILES string of the molecule is CC1(C)CC[C@H](C(=O)O)[C@@H](c2ccccc2)C1. The lowest BCUT2D eigenvalue weighted by Gasteiger charge is -2.39. The van der Waals surface area contributed by atoms with E-state index in [-0.39, 0.29) is 17.3 Å². The lowest BCUT2D eigenvalue weighted by Crippen LogP contribution is -2.32. The Labute approximate surface area is 103 Å². The number of hydrogen-bond donors (Lipinski definition) is 1. The zero-order valence-corrected chi connectivity index (χ0v) is 10.5. The van der Waals surface area contributed by atoms with Crippen LogP contribution in [0, 0.1) is 11.3 Å². The van der Waals surface area contributed by atoms with Crippen molar-refractivity contribution < 1.29 is 9.90 Å².